The van der Waals surface area contributed by atoms with Crippen molar-refractivity contribution in [1.82, 2.24) is 9.97 Å². The molecule has 0 saturated carbocycles. The van der Waals surface area contributed by atoms with Gasteiger partial charge in [0.05, 0.1) is 0 Å². The maximum atomic E-state index is 4.31. The number of hydrogen-bond acceptors (Lipinski definition) is 4. The molecule has 0 bridgehead atoms. The van der Waals surface area contributed by atoms with Crippen molar-refractivity contribution in [2.45, 2.75) is 19.8 Å². The molecule has 1 aliphatic rings. The van der Waals surface area contributed by atoms with E-state index >= 15 is 0 Å². The van der Waals surface area contributed by atoms with Gasteiger partial charge in [-0.3, -0.25) is 0 Å². The molecule has 1 aromatic rings. The van der Waals surface area contributed by atoms with Crippen LogP contribution in [0.2, 0.25) is 0 Å². The first-order valence-corrected chi connectivity index (χ1v) is 5.58. The highest BCUT2D eigenvalue weighted by molar-refractivity contribution is 5.48. The van der Waals surface area contributed by atoms with E-state index in [1.165, 1.54) is 12.8 Å². The highest BCUT2D eigenvalue weighted by Gasteiger charge is 2.21. The summed E-state index contributed by atoms with van der Waals surface area (Å²) in [6.45, 7) is 4.52. The van der Waals surface area contributed by atoms with Crippen LogP contribution in [0.25, 0.3) is 0 Å². The molecule has 82 valence electrons. The van der Waals surface area contributed by atoms with Crippen molar-refractivity contribution in [3.8, 4) is 0 Å². The lowest BCUT2D eigenvalue weighted by Crippen LogP contribution is -2.20. The van der Waals surface area contributed by atoms with Crippen molar-refractivity contribution in [2.24, 2.45) is 5.92 Å². The zero-order valence-corrected chi connectivity index (χ0v) is 9.40. The van der Waals surface area contributed by atoms with Crippen LogP contribution in [-0.4, -0.2) is 30.1 Å². The monoisotopic (exact) mass is 206 g/mol. The van der Waals surface area contributed by atoms with E-state index in [4.69, 9.17) is 0 Å². The Hall–Kier alpha value is -1.32. The van der Waals surface area contributed by atoms with Crippen LogP contribution in [0.15, 0.2) is 12.4 Å². The molecule has 4 nitrogen and oxygen atoms in total. The number of rotatable bonds is 3. The van der Waals surface area contributed by atoms with Gasteiger partial charge in [0.1, 0.15) is 18.0 Å². The maximum Gasteiger partial charge on any atom is 0.134 e. The Labute approximate surface area is 90.7 Å². The quantitative estimate of drug-likeness (QED) is 0.818. The zero-order chi connectivity index (χ0) is 10.7. The summed E-state index contributed by atoms with van der Waals surface area (Å²) in [6.07, 6.45) is 4.18. The minimum absolute atomic E-state index is 0.831. The molecule has 4 heteroatoms. The van der Waals surface area contributed by atoms with Crippen molar-refractivity contribution in [1.29, 1.82) is 0 Å². The third-order valence-corrected chi connectivity index (χ3v) is 3.10. The fraction of sp³-hybridized carbons (Fsp3) is 0.636. The van der Waals surface area contributed by atoms with Gasteiger partial charge in [-0.05, 0) is 12.3 Å². The fourth-order valence-corrected chi connectivity index (χ4v) is 2.03. The lowest BCUT2D eigenvalue weighted by Gasteiger charge is -2.17. The largest absolute Gasteiger partial charge is 0.373 e. The van der Waals surface area contributed by atoms with Crippen LogP contribution >= 0.6 is 0 Å². The smallest absolute Gasteiger partial charge is 0.134 e. The summed E-state index contributed by atoms with van der Waals surface area (Å²) in [5, 5.41) is 3.04. The summed E-state index contributed by atoms with van der Waals surface area (Å²) in [5.74, 6) is 2.77. The topological polar surface area (TPSA) is 41.0 Å². The molecule has 1 unspecified atom stereocenters. The SMILES string of the molecule is CCC1CCN(c2cc(NC)ncn2)C1. The van der Waals surface area contributed by atoms with E-state index in [0.717, 1.165) is 30.6 Å². The van der Waals surface area contributed by atoms with E-state index in [1.807, 2.05) is 13.1 Å². The van der Waals surface area contributed by atoms with Crippen molar-refractivity contribution in [3.63, 3.8) is 0 Å². The van der Waals surface area contributed by atoms with Crippen molar-refractivity contribution in [2.75, 3.05) is 30.4 Å². The van der Waals surface area contributed by atoms with Crippen LogP contribution in [0.1, 0.15) is 19.8 Å². The molecular weight excluding hydrogens is 188 g/mol. The Morgan fingerprint density at radius 2 is 2.40 bits per heavy atom. The number of hydrogen-bond donors (Lipinski definition) is 1. The van der Waals surface area contributed by atoms with Gasteiger partial charge in [-0.15, -0.1) is 0 Å². The summed E-state index contributed by atoms with van der Waals surface area (Å²) in [4.78, 5) is 10.8. The zero-order valence-electron chi connectivity index (χ0n) is 9.40. The first-order chi connectivity index (χ1) is 7.33. The molecule has 0 aromatic carbocycles. The van der Waals surface area contributed by atoms with E-state index < -0.39 is 0 Å². The van der Waals surface area contributed by atoms with Gasteiger partial charge < -0.3 is 10.2 Å². The summed E-state index contributed by atoms with van der Waals surface area (Å²) in [5.41, 5.74) is 0. The van der Waals surface area contributed by atoms with Gasteiger partial charge in [0, 0.05) is 26.2 Å². The molecule has 0 spiro atoms. The Bertz CT molecular complexity index is 326. The second-order valence-corrected chi connectivity index (χ2v) is 4.02. The van der Waals surface area contributed by atoms with E-state index in [2.05, 4.69) is 27.1 Å². The second kappa shape index (κ2) is 4.47. The van der Waals surface area contributed by atoms with E-state index in [9.17, 15) is 0 Å². The first kappa shape index (κ1) is 10.2. The van der Waals surface area contributed by atoms with Crippen molar-refractivity contribution in [3.05, 3.63) is 12.4 Å². The van der Waals surface area contributed by atoms with E-state index in [1.54, 1.807) is 6.33 Å². The van der Waals surface area contributed by atoms with Gasteiger partial charge in [0.2, 0.25) is 0 Å². The van der Waals surface area contributed by atoms with Gasteiger partial charge in [-0.1, -0.05) is 13.3 Å². The van der Waals surface area contributed by atoms with Crippen LogP contribution in [0, 0.1) is 5.92 Å². The molecule has 1 N–H and O–H groups in total. The predicted molar refractivity (Wildman–Crippen MR) is 62.2 cm³/mol. The van der Waals surface area contributed by atoms with E-state index in [0.29, 0.717) is 0 Å². The molecule has 1 aromatic heterocycles. The number of aromatic nitrogens is 2. The summed E-state index contributed by atoms with van der Waals surface area (Å²) in [7, 11) is 1.88. The molecule has 0 amide bonds. The molecule has 15 heavy (non-hydrogen) atoms. The second-order valence-electron chi connectivity index (χ2n) is 4.02. The van der Waals surface area contributed by atoms with Crippen LogP contribution in [0.5, 0.6) is 0 Å². The van der Waals surface area contributed by atoms with Crippen molar-refractivity contribution >= 4 is 11.6 Å². The average molecular weight is 206 g/mol. The Morgan fingerprint density at radius 3 is 3.07 bits per heavy atom. The van der Waals surface area contributed by atoms with Gasteiger partial charge >= 0.3 is 0 Å². The maximum absolute atomic E-state index is 4.31. The lowest BCUT2D eigenvalue weighted by atomic mass is 10.1. The Balaban J connectivity index is 2.09. The van der Waals surface area contributed by atoms with Gasteiger partial charge in [-0.2, -0.15) is 0 Å². The summed E-state index contributed by atoms with van der Waals surface area (Å²) < 4.78 is 0. The number of nitrogens with one attached hydrogen (secondary N) is 1. The molecular formula is C11H18N4. The number of anilines is 2. The van der Waals surface area contributed by atoms with Crippen LogP contribution in [-0.2, 0) is 0 Å². The number of nitrogens with zero attached hydrogens (tertiary/aromatic N) is 3. The molecule has 1 fully saturated rings. The molecule has 2 heterocycles. The Morgan fingerprint density at radius 1 is 1.53 bits per heavy atom. The summed E-state index contributed by atoms with van der Waals surface area (Å²) >= 11 is 0. The minimum Gasteiger partial charge on any atom is -0.373 e. The predicted octanol–water partition coefficient (Wildman–Crippen LogP) is 1.75. The fourth-order valence-electron chi connectivity index (χ4n) is 2.03. The molecule has 1 aliphatic heterocycles. The third kappa shape index (κ3) is 2.19. The van der Waals surface area contributed by atoms with Crippen LogP contribution < -0.4 is 10.2 Å². The molecule has 0 aliphatic carbocycles. The highest BCUT2D eigenvalue weighted by Crippen LogP contribution is 2.24. The molecule has 1 atom stereocenters. The van der Waals surface area contributed by atoms with Crippen molar-refractivity contribution < 1.29 is 0 Å². The standard InChI is InChI=1S/C11H18N4/c1-3-9-4-5-15(7-9)11-6-10(12-2)13-8-14-11/h6,8-9H,3-5,7H2,1-2H3,(H,12,13,14). The summed E-state index contributed by atoms with van der Waals surface area (Å²) in [6, 6.07) is 2.01. The molecule has 0 radical (unpaired) electrons. The van der Waals surface area contributed by atoms with Gasteiger partial charge in [-0.25, -0.2) is 9.97 Å². The minimum atomic E-state index is 0.831. The van der Waals surface area contributed by atoms with Gasteiger partial charge in [0.15, 0.2) is 0 Å². The van der Waals surface area contributed by atoms with Crippen LogP contribution in [0.4, 0.5) is 11.6 Å². The van der Waals surface area contributed by atoms with Crippen LogP contribution in [0.3, 0.4) is 0 Å². The third-order valence-electron chi connectivity index (χ3n) is 3.10. The highest BCUT2D eigenvalue weighted by atomic mass is 15.2. The Kier molecular flexibility index (Phi) is 3.04. The van der Waals surface area contributed by atoms with Gasteiger partial charge in [0.25, 0.3) is 0 Å². The molecule has 2 rings (SSSR count). The molecule has 1 saturated heterocycles. The normalized spacial score (nSPS) is 20.7. The lowest BCUT2D eigenvalue weighted by molar-refractivity contribution is 0.568. The van der Waals surface area contributed by atoms with E-state index in [-0.39, 0.29) is 0 Å². The average Bonchev–Trinajstić information content (AvgIpc) is 2.78. The first-order valence-electron chi connectivity index (χ1n) is 5.58.